The van der Waals surface area contributed by atoms with Gasteiger partial charge in [0.2, 0.25) is 0 Å². The number of ketones is 1. The van der Waals surface area contributed by atoms with Crippen molar-refractivity contribution in [3.8, 4) is 11.5 Å². The molecule has 0 aliphatic rings. The number of carbonyl (C=O) groups is 2. The molecular weight excluding hydrogens is 248 g/mol. The highest BCUT2D eigenvalue weighted by Crippen LogP contribution is 2.29. The number of hydrogen-bond donors (Lipinski definition) is 0. The minimum absolute atomic E-state index is 0.282. The van der Waals surface area contributed by atoms with Gasteiger partial charge in [0.15, 0.2) is 17.3 Å². The molecular formula is C14H18O5. The third-order valence-corrected chi connectivity index (χ3v) is 2.88. The first-order chi connectivity index (χ1) is 9.08. The van der Waals surface area contributed by atoms with Crippen LogP contribution in [0.3, 0.4) is 0 Å². The zero-order valence-electron chi connectivity index (χ0n) is 11.6. The Hall–Kier alpha value is -2.04. The van der Waals surface area contributed by atoms with Gasteiger partial charge in [-0.1, -0.05) is 6.92 Å². The zero-order chi connectivity index (χ0) is 14.4. The molecule has 1 aromatic carbocycles. The Morgan fingerprint density at radius 2 is 1.74 bits per heavy atom. The molecule has 0 radical (unpaired) electrons. The smallest absolute Gasteiger partial charge is 0.316 e. The first kappa shape index (κ1) is 15.0. The van der Waals surface area contributed by atoms with Gasteiger partial charge in [-0.05, 0) is 24.6 Å². The van der Waals surface area contributed by atoms with E-state index in [1.165, 1.54) is 21.3 Å². The van der Waals surface area contributed by atoms with Gasteiger partial charge in [-0.3, -0.25) is 9.59 Å². The molecule has 0 saturated carbocycles. The highest BCUT2D eigenvalue weighted by atomic mass is 16.5. The number of hydrogen-bond acceptors (Lipinski definition) is 5. The van der Waals surface area contributed by atoms with Crippen LogP contribution in [0.5, 0.6) is 11.5 Å². The third kappa shape index (κ3) is 3.24. The molecule has 0 bridgehead atoms. The Morgan fingerprint density at radius 3 is 2.21 bits per heavy atom. The van der Waals surface area contributed by atoms with Crippen molar-refractivity contribution in [2.75, 3.05) is 21.3 Å². The fourth-order valence-electron chi connectivity index (χ4n) is 1.79. The van der Waals surface area contributed by atoms with Crippen molar-refractivity contribution in [2.24, 2.45) is 5.92 Å². The van der Waals surface area contributed by atoms with Crippen molar-refractivity contribution < 1.29 is 23.8 Å². The predicted molar refractivity (Wildman–Crippen MR) is 69.7 cm³/mol. The van der Waals surface area contributed by atoms with Crippen molar-refractivity contribution in [3.63, 3.8) is 0 Å². The van der Waals surface area contributed by atoms with Crippen molar-refractivity contribution in [2.45, 2.75) is 13.3 Å². The van der Waals surface area contributed by atoms with Gasteiger partial charge in [-0.25, -0.2) is 0 Å². The lowest BCUT2D eigenvalue weighted by Gasteiger charge is -2.13. The van der Waals surface area contributed by atoms with E-state index in [1.54, 1.807) is 25.1 Å². The van der Waals surface area contributed by atoms with Crippen molar-refractivity contribution in [3.05, 3.63) is 23.8 Å². The molecule has 1 unspecified atom stereocenters. The zero-order valence-corrected chi connectivity index (χ0v) is 11.6. The summed E-state index contributed by atoms with van der Waals surface area (Å²) in [6.45, 7) is 1.76. The first-order valence-electron chi connectivity index (χ1n) is 5.93. The number of rotatable bonds is 6. The molecule has 5 nitrogen and oxygen atoms in total. The Balaban J connectivity index is 3.08. The van der Waals surface area contributed by atoms with E-state index in [9.17, 15) is 9.59 Å². The molecule has 104 valence electrons. The maximum atomic E-state index is 12.2. The van der Waals surface area contributed by atoms with E-state index in [1.807, 2.05) is 0 Å². The number of ether oxygens (including phenoxy) is 3. The van der Waals surface area contributed by atoms with Crippen molar-refractivity contribution in [1.29, 1.82) is 0 Å². The quantitative estimate of drug-likeness (QED) is 0.448. The Bertz CT molecular complexity index is 467. The first-order valence-corrected chi connectivity index (χ1v) is 5.93. The third-order valence-electron chi connectivity index (χ3n) is 2.88. The molecule has 19 heavy (non-hydrogen) atoms. The topological polar surface area (TPSA) is 61.8 Å². The number of esters is 1. The van der Waals surface area contributed by atoms with Crippen molar-refractivity contribution in [1.82, 2.24) is 0 Å². The molecule has 0 spiro atoms. The number of methoxy groups -OCH3 is 3. The van der Waals surface area contributed by atoms with Gasteiger partial charge in [0, 0.05) is 5.56 Å². The van der Waals surface area contributed by atoms with E-state index in [-0.39, 0.29) is 5.78 Å². The van der Waals surface area contributed by atoms with Gasteiger partial charge < -0.3 is 14.2 Å². The highest BCUT2D eigenvalue weighted by molar-refractivity contribution is 6.08. The average Bonchev–Trinajstić information content (AvgIpc) is 2.46. The lowest BCUT2D eigenvalue weighted by Crippen LogP contribution is -2.24. The molecule has 0 N–H and O–H groups in total. The van der Waals surface area contributed by atoms with Gasteiger partial charge in [-0.2, -0.15) is 0 Å². The predicted octanol–water partition coefficient (Wildman–Crippen LogP) is 2.09. The van der Waals surface area contributed by atoms with Crippen LogP contribution >= 0.6 is 0 Å². The molecule has 0 aliphatic carbocycles. The van der Waals surface area contributed by atoms with Crippen LogP contribution in [-0.2, 0) is 9.53 Å². The largest absolute Gasteiger partial charge is 0.493 e. The monoisotopic (exact) mass is 266 g/mol. The number of benzene rings is 1. The van der Waals surface area contributed by atoms with Gasteiger partial charge in [0.05, 0.1) is 21.3 Å². The second kappa shape index (κ2) is 6.78. The van der Waals surface area contributed by atoms with E-state index in [2.05, 4.69) is 4.74 Å². The molecule has 0 amide bonds. The summed E-state index contributed by atoms with van der Waals surface area (Å²) in [5.41, 5.74) is 0.398. The van der Waals surface area contributed by atoms with Crippen LogP contribution in [0.1, 0.15) is 23.7 Å². The molecule has 0 aromatic heterocycles. The van der Waals surface area contributed by atoms with E-state index in [0.29, 0.717) is 23.5 Å². The molecule has 1 rings (SSSR count). The summed E-state index contributed by atoms with van der Waals surface area (Å²) in [4.78, 5) is 23.8. The SMILES string of the molecule is CCC(C(=O)OC)C(=O)c1ccc(OC)c(OC)c1. The molecule has 0 heterocycles. The molecule has 0 aliphatic heterocycles. The average molecular weight is 266 g/mol. The number of carbonyl (C=O) groups excluding carboxylic acids is 2. The fraction of sp³-hybridized carbons (Fsp3) is 0.429. The molecule has 0 fully saturated rings. The highest BCUT2D eigenvalue weighted by Gasteiger charge is 2.27. The van der Waals surface area contributed by atoms with Crippen LogP contribution in [0.4, 0.5) is 0 Å². The summed E-state index contributed by atoms with van der Waals surface area (Å²) in [6, 6.07) is 4.80. The molecule has 1 atom stereocenters. The minimum Gasteiger partial charge on any atom is -0.493 e. The second-order valence-corrected chi connectivity index (χ2v) is 3.92. The summed E-state index contributed by atoms with van der Waals surface area (Å²) < 4.78 is 14.9. The summed E-state index contributed by atoms with van der Waals surface area (Å²) >= 11 is 0. The summed E-state index contributed by atoms with van der Waals surface area (Å²) in [6.07, 6.45) is 0.389. The maximum Gasteiger partial charge on any atom is 0.316 e. The van der Waals surface area contributed by atoms with Gasteiger partial charge in [0.25, 0.3) is 0 Å². The van der Waals surface area contributed by atoms with E-state index < -0.39 is 11.9 Å². The summed E-state index contributed by atoms with van der Waals surface area (Å²) in [7, 11) is 4.28. The summed E-state index contributed by atoms with van der Waals surface area (Å²) in [5.74, 6) is -0.612. The van der Waals surface area contributed by atoms with Crippen LogP contribution in [0, 0.1) is 5.92 Å². The normalized spacial score (nSPS) is 11.6. The van der Waals surface area contributed by atoms with Gasteiger partial charge in [-0.15, -0.1) is 0 Å². The van der Waals surface area contributed by atoms with Crippen LogP contribution < -0.4 is 9.47 Å². The molecule has 0 saturated heterocycles. The van der Waals surface area contributed by atoms with Crippen LogP contribution in [0.25, 0.3) is 0 Å². The second-order valence-electron chi connectivity index (χ2n) is 3.92. The van der Waals surface area contributed by atoms with E-state index in [4.69, 9.17) is 9.47 Å². The van der Waals surface area contributed by atoms with E-state index >= 15 is 0 Å². The lowest BCUT2D eigenvalue weighted by molar-refractivity contribution is -0.143. The van der Waals surface area contributed by atoms with Crippen molar-refractivity contribution >= 4 is 11.8 Å². The van der Waals surface area contributed by atoms with Crippen LogP contribution in [-0.4, -0.2) is 33.1 Å². The number of Topliss-reactive ketones (excluding diaryl/α,β-unsaturated/α-hetero) is 1. The van der Waals surface area contributed by atoms with Crippen LogP contribution in [0.15, 0.2) is 18.2 Å². The van der Waals surface area contributed by atoms with E-state index in [0.717, 1.165) is 0 Å². The Morgan fingerprint density at radius 1 is 1.11 bits per heavy atom. The Kier molecular flexibility index (Phi) is 5.36. The molecule has 1 aromatic rings. The maximum absolute atomic E-state index is 12.2. The molecule has 5 heteroatoms. The Labute approximate surface area is 112 Å². The van der Waals surface area contributed by atoms with Crippen LogP contribution in [0.2, 0.25) is 0 Å². The van der Waals surface area contributed by atoms with Gasteiger partial charge >= 0.3 is 5.97 Å². The summed E-state index contributed by atoms with van der Waals surface area (Å²) in [5, 5.41) is 0. The lowest BCUT2D eigenvalue weighted by atomic mass is 9.95. The fourth-order valence-corrected chi connectivity index (χ4v) is 1.79. The van der Waals surface area contributed by atoms with Gasteiger partial charge in [0.1, 0.15) is 5.92 Å². The standard InChI is InChI=1S/C14H18O5/c1-5-10(14(16)19-4)13(15)9-6-7-11(17-2)12(8-9)18-3/h6-8,10H,5H2,1-4H3. The minimum atomic E-state index is -0.789.